The Morgan fingerprint density at radius 1 is 1.12 bits per heavy atom. The van der Waals surface area contributed by atoms with Gasteiger partial charge in [0.2, 0.25) is 0 Å². The number of nitrogens with one attached hydrogen (secondary N) is 1. The molecule has 0 bridgehead atoms. The number of hydrogen-bond acceptors (Lipinski definition) is 3. The SMILES string of the molecule is O=C(N[C@@H](c1ccc2c(c1)OCCO2)C1CC1)c1cc(Br)ccc1Cl. The summed E-state index contributed by atoms with van der Waals surface area (Å²) in [5.74, 6) is 1.77. The molecule has 1 atom stereocenters. The molecule has 4 rings (SSSR count). The van der Waals surface area contributed by atoms with E-state index < -0.39 is 0 Å². The summed E-state index contributed by atoms with van der Waals surface area (Å²) in [6, 6.07) is 11.1. The standard InChI is InChI=1S/C19H17BrClNO3/c20-13-4-5-15(21)14(10-13)19(23)22-18(11-1-2-11)12-3-6-16-17(9-12)25-8-7-24-16/h3-6,9-11,18H,1-2,7-8H2,(H,22,23)/t18-/m1/s1. The molecular formula is C19H17BrClNO3. The first-order valence-electron chi connectivity index (χ1n) is 8.27. The summed E-state index contributed by atoms with van der Waals surface area (Å²) in [5, 5.41) is 3.59. The second-order valence-corrected chi connectivity index (χ2v) is 7.64. The molecule has 1 heterocycles. The zero-order chi connectivity index (χ0) is 17.4. The molecule has 1 aliphatic carbocycles. The molecule has 2 aliphatic rings. The average molecular weight is 423 g/mol. The van der Waals surface area contributed by atoms with Gasteiger partial charge < -0.3 is 14.8 Å². The number of rotatable bonds is 4. The van der Waals surface area contributed by atoms with Gasteiger partial charge in [-0.05, 0) is 54.7 Å². The van der Waals surface area contributed by atoms with Crippen LogP contribution in [0.4, 0.5) is 0 Å². The van der Waals surface area contributed by atoms with Gasteiger partial charge in [-0.25, -0.2) is 0 Å². The Kier molecular flexibility index (Phi) is 4.61. The van der Waals surface area contributed by atoms with E-state index in [2.05, 4.69) is 21.2 Å². The third-order valence-electron chi connectivity index (χ3n) is 4.48. The number of ether oxygens (including phenoxy) is 2. The molecular weight excluding hydrogens is 406 g/mol. The molecule has 2 aromatic carbocycles. The first kappa shape index (κ1) is 16.7. The number of benzene rings is 2. The second kappa shape index (κ2) is 6.89. The lowest BCUT2D eigenvalue weighted by molar-refractivity contribution is 0.0931. The van der Waals surface area contributed by atoms with E-state index >= 15 is 0 Å². The molecule has 130 valence electrons. The van der Waals surface area contributed by atoms with Gasteiger partial charge in [-0.2, -0.15) is 0 Å². The van der Waals surface area contributed by atoms with Crippen LogP contribution in [0.25, 0.3) is 0 Å². The first-order valence-corrected chi connectivity index (χ1v) is 9.44. The molecule has 1 fully saturated rings. The van der Waals surface area contributed by atoms with Crippen LogP contribution >= 0.6 is 27.5 Å². The van der Waals surface area contributed by atoms with E-state index in [0.29, 0.717) is 29.7 Å². The molecule has 1 amide bonds. The van der Waals surface area contributed by atoms with Gasteiger partial charge in [-0.3, -0.25) is 4.79 Å². The second-order valence-electron chi connectivity index (χ2n) is 6.32. The summed E-state index contributed by atoms with van der Waals surface area (Å²) >= 11 is 9.58. The number of amides is 1. The Morgan fingerprint density at radius 3 is 2.64 bits per heavy atom. The topological polar surface area (TPSA) is 47.6 Å². The smallest absolute Gasteiger partial charge is 0.253 e. The van der Waals surface area contributed by atoms with Gasteiger partial charge in [0.05, 0.1) is 16.6 Å². The van der Waals surface area contributed by atoms with Crippen molar-refractivity contribution in [2.45, 2.75) is 18.9 Å². The van der Waals surface area contributed by atoms with Crippen molar-refractivity contribution in [3.05, 3.63) is 57.0 Å². The maximum atomic E-state index is 12.8. The highest BCUT2D eigenvalue weighted by Crippen LogP contribution is 2.43. The predicted octanol–water partition coefficient (Wildman–Crippen LogP) is 4.75. The molecule has 1 aliphatic heterocycles. The van der Waals surface area contributed by atoms with E-state index in [1.54, 1.807) is 12.1 Å². The van der Waals surface area contributed by atoms with Crippen LogP contribution in [0.15, 0.2) is 40.9 Å². The lowest BCUT2D eigenvalue weighted by Crippen LogP contribution is -2.30. The lowest BCUT2D eigenvalue weighted by atomic mass is 10.0. The molecule has 6 heteroatoms. The zero-order valence-electron chi connectivity index (χ0n) is 13.4. The summed E-state index contributed by atoms with van der Waals surface area (Å²) in [6.45, 7) is 1.11. The number of carbonyl (C=O) groups is 1. The van der Waals surface area contributed by atoms with E-state index in [-0.39, 0.29) is 11.9 Å². The van der Waals surface area contributed by atoms with E-state index in [9.17, 15) is 4.79 Å². The molecule has 0 radical (unpaired) electrons. The first-order chi connectivity index (χ1) is 12.1. The molecule has 0 unspecified atom stereocenters. The van der Waals surface area contributed by atoms with Crippen LogP contribution in [0, 0.1) is 5.92 Å². The minimum atomic E-state index is -0.168. The van der Waals surface area contributed by atoms with Crippen LogP contribution in [-0.2, 0) is 0 Å². The minimum Gasteiger partial charge on any atom is -0.486 e. The monoisotopic (exact) mass is 421 g/mol. The van der Waals surface area contributed by atoms with Gasteiger partial charge >= 0.3 is 0 Å². The highest BCUT2D eigenvalue weighted by Gasteiger charge is 2.34. The van der Waals surface area contributed by atoms with E-state index in [0.717, 1.165) is 34.4 Å². The Bertz CT molecular complexity index is 822. The van der Waals surface area contributed by atoms with E-state index in [4.69, 9.17) is 21.1 Å². The lowest BCUT2D eigenvalue weighted by Gasteiger charge is -2.23. The highest BCUT2D eigenvalue weighted by molar-refractivity contribution is 9.10. The maximum Gasteiger partial charge on any atom is 0.253 e. The normalized spacial score (nSPS) is 17.0. The average Bonchev–Trinajstić information content (AvgIpc) is 3.46. The molecule has 0 spiro atoms. The molecule has 0 aromatic heterocycles. The summed E-state index contributed by atoms with van der Waals surface area (Å²) in [6.07, 6.45) is 2.21. The van der Waals surface area contributed by atoms with Crippen molar-refractivity contribution in [1.29, 1.82) is 0 Å². The van der Waals surface area contributed by atoms with Gasteiger partial charge in [0.1, 0.15) is 13.2 Å². The largest absolute Gasteiger partial charge is 0.486 e. The van der Waals surface area contributed by atoms with Crippen LogP contribution in [-0.4, -0.2) is 19.1 Å². The minimum absolute atomic E-state index is 0.0571. The number of hydrogen-bond donors (Lipinski definition) is 1. The van der Waals surface area contributed by atoms with Gasteiger partial charge in [-0.15, -0.1) is 0 Å². The van der Waals surface area contributed by atoms with Crippen LogP contribution in [0.3, 0.4) is 0 Å². The van der Waals surface area contributed by atoms with Crippen LogP contribution < -0.4 is 14.8 Å². The van der Waals surface area contributed by atoms with Gasteiger partial charge in [0.25, 0.3) is 5.91 Å². The van der Waals surface area contributed by atoms with Crippen LogP contribution in [0.2, 0.25) is 5.02 Å². The number of halogens is 2. The van der Waals surface area contributed by atoms with Crippen molar-refractivity contribution in [3.63, 3.8) is 0 Å². The summed E-state index contributed by atoms with van der Waals surface area (Å²) in [4.78, 5) is 12.8. The zero-order valence-corrected chi connectivity index (χ0v) is 15.8. The van der Waals surface area contributed by atoms with Crippen LogP contribution in [0.1, 0.15) is 34.8 Å². The molecule has 1 saturated carbocycles. The fraction of sp³-hybridized carbons (Fsp3) is 0.316. The molecule has 2 aromatic rings. The van der Waals surface area contributed by atoms with Crippen molar-refractivity contribution in [2.75, 3.05) is 13.2 Å². The molecule has 1 N–H and O–H groups in total. The third kappa shape index (κ3) is 3.62. The van der Waals surface area contributed by atoms with Crippen molar-refractivity contribution in [2.24, 2.45) is 5.92 Å². The predicted molar refractivity (Wildman–Crippen MR) is 99.5 cm³/mol. The van der Waals surface area contributed by atoms with Crippen molar-refractivity contribution >= 4 is 33.4 Å². The van der Waals surface area contributed by atoms with E-state index in [1.807, 2.05) is 24.3 Å². The number of carbonyl (C=O) groups excluding carboxylic acids is 1. The molecule has 0 saturated heterocycles. The Balaban J connectivity index is 1.60. The summed E-state index contributed by atoms with van der Waals surface area (Å²) in [5.41, 5.74) is 1.51. The fourth-order valence-electron chi connectivity index (χ4n) is 3.05. The van der Waals surface area contributed by atoms with Gasteiger partial charge in [0.15, 0.2) is 11.5 Å². The quantitative estimate of drug-likeness (QED) is 0.773. The van der Waals surface area contributed by atoms with E-state index in [1.165, 1.54) is 0 Å². The van der Waals surface area contributed by atoms with Crippen LogP contribution in [0.5, 0.6) is 11.5 Å². The van der Waals surface area contributed by atoms with Gasteiger partial charge in [-0.1, -0.05) is 33.6 Å². The Hall–Kier alpha value is -1.72. The van der Waals surface area contributed by atoms with Gasteiger partial charge in [0, 0.05) is 4.47 Å². The summed E-state index contributed by atoms with van der Waals surface area (Å²) in [7, 11) is 0. The third-order valence-corrected chi connectivity index (χ3v) is 5.30. The van der Waals surface area contributed by atoms with Crippen molar-refractivity contribution in [1.82, 2.24) is 5.32 Å². The number of fused-ring (bicyclic) bond motifs is 1. The fourth-order valence-corrected chi connectivity index (χ4v) is 3.61. The van der Waals surface area contributed by atoms with Crippen molar-refractivity contribution < 1.29 is 14.3 Å². The van der Waals surface area contributed by atoms with Crippen molar-refractivity contribution in [3.8, 4) is 11.5 Å². The summed E-state index contributed by atoms with van der Waals surface area (Å²) < 4.78 is 12.1. The highest BCUT2D eigenvalue weighted by atomic mass is 79.9. The molecule has 25 heavy (non-hydrogen) atoms. The molecule has 4 nitrogen and oxygen atoms in total. The maximum absolute atomic E-state index is 12.8. The Morgan fingerprint density at radius 2 is 1.88 bits per heavy atom. The Labute approximate surface area is 159 Å².